The van der Waals surface area contributed by atoms with E-state index < -0.39 is 95.9 Å². The number of aliphatic hydroxyl groups excluding tert-OH is 3. The molecule has 0 radical (unpaired) electrons. The molecule has 2 aromatic rings. The van der Waals surface area contributed by atoms with Gasteiger partial charge in [-0.05, 0) is 87.9 Å². The van der Waals surface area contributed by atoms with Gasteiger partial charge in [0.15, 0.2) is 0 Å². The third-order valence-electron chi connectivity index (χ3n) is 12.3. The number of unbranched alkanes of at least 4 members (excludes halogenated alkanes) is 5. The van der Waals surface area contributed by atoms with Crippen molar-refractivity contribution in [1.82, 2.24) is 36.4 Å². The molecule has 3 aliphatic rings. The number of hydrogen-bond acceptors (Lipinski definition) is 12. The molecule has 362 valence electrons. The average molecular weight is 922 g/mol. The second-order valence-electron chi connectivity index (χ2n) is 17.6. The summed E-state index contributed by atoms with van der Waals surface area (Å²) in [6.07, 6.45) is 2.89. The Hall–Kier alpha value is -5.79. The zero-order valence-electron chi connectivity index (χ0n) is 38.1. The predicted octanol–water partition coefficient (Wildman–Crippen LogP) is 0.551. The fraction of sp³-hybridized carbons (Fsp3) is 0.596. The van der Waals surface area contributed by atoms with Gasteiger partial charge in [-0.25, -0.2) is 0 Å². The minimum Gasteiger partial charge on any atom is -0.508 e. The summed E-state index contributed by atoms with van der Waals surface area (Å²) in [6, 6.07) is 4.06. The number of carbonyl (C=O) groups excluding carboxylic acids is 7. The number of aromatic hydroxyl groups is 1. The molecule has 0 aromatic heterocycles. The first-order valence-electron chi connectivity index (χ1n) is 23.2. The number of phenolic OH excluding ortho intramolecular Hbond substituents is 1. The van der Waals surface area contributed by atoms with Gasteiger partial charge in [0.25, 0.3) is 5.91 Å². The molecule has 7 amide bonds. The number of nitrogens with zero attached hydrogens (tertiary/aromatic N) is 2. The Labute approximate surface area is 385 Å². The van der Waals surface area contributed by atoms with E-state index in [1.165, 1.54) is 62.3 Å². The third-order valence-corrected chi connectivity index (χ3v) is 12.3. The molecule has 0 spiro atoms. The highest BCUT2D eigenvalue weighted by Gasteiger charge is 2.44. The number of ether oxygens (including phenoxy) is 1. The van der Waals surface area contributed by atoms with Crippen LogP contribution in [0.1, 0.15) is 107 Å². The van der Waals surface area contributed by atoms with Crippen molar-refractivity contribution in [3.05, 3.63) is 59.7 Å². The summed E-state index contributed by atoms with van der Waals surface area (Å²) in [5.74, 6) is -4.82. The van der Waals surface area contributed by atoms with E-state index in [-0.39, 0.29) is 63.1 Å². The third kappa shape index (κ3) is 14.1. The quantitative estimate of drug-likeness (QED) is 0.118. The molecule has 2 aromatic carbocycles. The molecule has 9 atom stereocenters. The predicted molar refractivity (Wildman–Crippen MR) is 241 cm³/mol. The van der Waals surface area contributed by atoms with E-state index in [9.17, 15) is 54.0 Å². The van der Waals surface area contributed by atoms with E-state index in [1.54, 1.807) is 24.3 Å². The van der Waals surface area contributed by atoms with Crippen LogP contribution >= 0.6 is 0 Å². The zero-order valence-corrected chi connectivity index (χ0v) is 38.1. The number of amides is 7. The van der Waals surface area contributed by atoms with Crippen LogP contribution in [-0.2, 0) is 35.2 Å². The van der Waals surface area contributed by atoms with E-state index in [2.05, 4.69) is 33.5 Å². The standard InChI is InChI=1S/C47H67N7O12/c1-4-5-6-7-8-9-24-66-34-20-16-31(17-21-34)41(59)49-35-12-10-22-48-44(62)38-26-33(58)27-54(38)47(65)40(29(3)56)52-43(61)36(25-30-14-18-32(57)19-15-30)50-45(63)37-13-11-23-53(37)46(64)39(28(2)55)51-42(35)60/h14-21,28-29,33,35-40,55-58H,4-13,22-27H2,1-3H3,(H,48,62)(H,49,59)(H,50,63)(H,51,60)(H,52,61)/t28-,29-,33-,35?,36+,37+,38+,39+,40+/m1/s1. The largest absolute Gasteiger partial charge is 0.508 e. The monoisotopic (exact) mass is 921 g/mol. The molecule has 0 aliphatic carbocycles. The van der Waals surface area contributed by atoms with Crippen LogP contribution in [0.25, 0.3) is 0 Å². The van der Waals surface area contributed by atoms with Gasteiger partial charge in [-0.2, -0.15) is 0 Å². The van der Waals surface area contributed by atoms with Crippen molar-refractivity contribution < 1.29 is 58.7 Å². The van der Waals surface area contributed by atoms with Crippen molar-refractivity contribution in [3.63, 3.8) is 0 Å². The average Bonchev–Trinajstić information content (AvgIpc) is 3.95. The van der Waals surface area contributed by atoms with Gasteiger partial charge in [0.2, 0.25) is 35.4 Å². The SMILES string of the molecule is CCCCCCCCOc1ccc(C(=O)NC2CCCNC(=O)[C@@H]3C[C@@H](O)CN3C(=O)[C@H]([C@@H](C)O)NC(=O)[C@H](Cc3ccc(O)cc3)NC(=O)[C@@H]3CCCN3C(=O)[C@H]([C@@H](C)O)NC2=O)cc1. The summed E-state index contributed by atoms with van der Waals surface area (Å²) in [5, 5.41) is 55.5. The number of benzene rings is 2. The number of hydrogen-bond donors (Lipinski definition) is 9. The van der Waals surface area contributed by atoms with Crippen LogP contribution in [0, 0.1) is 0 Å². The molecule has 1 unspecified atom stereocenters. The van der Waals surface area contributed by atoms with Crippen LogP contribution in [0.2, 0.25) is 0 Å². The fourth-order valence-electron chi connectivity index (χ4n) is 8.52. The number of nitrogens with one attached hydrogen (secondary N) is 5. The first kappa shape index (κ1) is 51.2. The molecular weight excluding hydrogens is 855 g/mol. The summed E-state index contributed by atoms with van der Waals surface area (Å²) in [6.45, 7) is 5.01. The Balaban J connectivity index is 1.40. The molecule has 3 saturated heterocycles. The first-order valence-corrected chi connectivity index (χ1v) is 23.2. The lowest BCUT2D eigenvalue weighted by molar-refractivity contribution is -0.145. The van der Waals surface area contributed by atoms with Crippen LogP contribution in [0.15, 0.2) is 48.5 Å². The van der Waals surface area contributed by atoms with Crippen molar-refractivity contribution in [2.24, 2.45) is 0 Å². The highest BCUT2D eigenvalue weighted by atomic mass is 16.5. The lowest BCUT2D eigenvalue weighted by atomic mass is 10.0. The Morgan fingerprint density at radius 1 is 0.758 bits per heavy atom. The maximum absolute atomic E-state index is 14.2. The molecule has 19 heteroatoms. The van der Waals surface area contributed by atoms with Gasteiger partial charge in [-0.15, -0.1) is 0 Å². The van der Waals surface area contributed by atoms with Gasteiger partial charge in [-0.1, -0.05) is 51.2 Å². The van der Waals surface area contributed by atoms with Gasteiger partial charge in [0.1, 0.15) is 47.8 Å². The van der Waals surface area contributed by atoms with E-state index in [0.29, 0.717) is 24.3 Å². The number of rotatable bonds is 14. The van der Waals surface area contributed by atoms with Crippen LogP contribution in [0.5, 0.6) is 11.5 Å². The van der Waals surface area contributed by atoms with Crippen molar-refractivity contribution in [1.29, 1.82) is 0 Å². The van der Waals surface area contributed by atoms with Gasteiger partial charge in [0, 0.05) is 38.0 Å². The van der Waals surface area contributed by atoms with Crippen LogP contribution < -0.4 is 31.3 Å². The van der Waals surface area contributed by atoms with Gasteiger partial charge in [-0.3, -0.25) is 33.6 Å². The summed E-state index contributed by atoms with van der Waals surface area (Å²) < 4.78 is 5.86. The summed E-state index contributed by atoms with van der Waals surface area (Å²) in [5.41, 5.74) is 0.719. The molecular formula is C47H67N7O12. The highest BCUT2D eigenvalue weighted by Crippen LogP contribution is 2.23. The summed E-state index contributed by atoms with van der Waals surface area (Å²) in [7, 11) is 0. The Morgan fingerprint density at radius 3 is 2.06 bits per heavy atom. The molecule has 0 bridgehead atoms. The Morgan fingerprint density at radius 2 is 1.39 bits per heavy atom. The molecule has 9 N–H and O–H groups in total. The molecule has 0 saturated carbocycles. The summed E-state index contributed by atoms with van der Waals surface area (Å²) in [4.78, 5) is 100. The highest BCUT2D eigenvalue weighted by molar-refractivity contribution is 6.00. The van der Waals surface area contributed by atoms with Crippen molar-refractivity contribution in [2.45, 2.75) is 152 Å². The van der Waals surface area contributed by atoms with Gasteiger partial charge >= 0.3 is 0 Å². The molecule has 3 fully saturated rings. The van der Waals surface area contributed by atoms with E-state index >= 15 is 0 Å². The molecule has 19 nitrogen and oxygen atoms in total. The summed E-state index contributed by atoms with van der Waals surface area (Å²) >= 11 is 0. The molecule has 3 heterocycles. The van der Waals surface area contributed by atoms with Crippen LogP contribution in [0.3, 0.4) is 0 Å². The molecule has 66 heavy (non-hydrogen) atoms. The van der Waals surface area contributed by atoms with Gasteiger partial charge in [0.05, 0.1) is 24.9 Å². The van der Waals surface area contributed by atoms with Crippen LogP contribution in [-0.4, -0.2) is 152 Å². The molecule has 5 rings (SSSR count). The number of carbonyl (C=O) groups is 7. The lowest BCUT2D eigenvalue weighted by Crippen LogP contribution is -2.62. The smallest absolute Gasteiger partial charge is 0.251 e. The zero-order chi connectivity index (χ0) is 47.9. The normalized spacial score (nSPS) is 25.9. The number of fused-ring (bicyclic) bond motifs is 2. The van der Waals surface area contributed by atoms with E-state index in [1.807, 2.05) is 0 Å². The number of aliphatic hydroxyl groups is 3. The van der Waals surface area contributed by atoms with Crippen LogP contribution in [0.4, 0.5) is 0 Å². The van der Waals surface area contributed by atoms with Gasteiger partial charge < -0.3 is 61.5 Å². The molecule has 3 aliphatic heterocycles. The lowest BCUT2D eigenvalue weighted by Gasteiger charge is -2.32. The second-order valence-corrected chi connectivity index (χ2v) is 17.6. The van der Waals surface area contributed by atoms with E-state index in [4.69, 9.17) is 4.74 Å². The second kappa shape index (κ2) is 24.7. The fourth-order valence-corrected chi connectivity index (χ4v) is 8.52. The first-order chi connectivity index (χ1) is 31.6. The Bertz CT molecular complexity index is 1980. The van der Waals surface area contributed by atoms with Crippen molar-refractivity contribution in [2.75, 3.05) is 26.2 Å². The van der Waals surface area contributed by atoms with Crippen molar-refractivity contribution in [3.8, 4) is 11.5 Å². The minimum atomic E-state index is -1.61. The maximum Gasteiger partial charge on any atom is 0.251 e. The van der Waals surface area contributed by atoms with E-state index in [0.717, 1.165) is 24.2 Å². The Kier molecular flexibility index (Phi) is 19.1. The minimum absolute atomic E-state index is 0.0464. The maximum atomic E-state index is 14.2. The van der Waals surface area contributed by atoms with Crippen molar-refractivity contribution >= 4 is 41.4 Å². The topological polar surface area (TPSA) is 276 Å². The number of phenols is 1.